The first-order valence-corrected chi connectivity index (χ1v) is 6.42. The Labute approximate surface area is 113 Å². The fraction of sp³-hybridized carbons (Fsp3) is 0.364. The van der Waals surface area contributed by atoms with E-state index >= 15 is 0 Å². The van der Waals surface area contributed by atoms with E-state index < -0.39 is 5.97 Å². The van der Waals surface area contributed by atoms with Crippen LogP contribution >= 0.6 is 11.3 Å². The van der Waals surface area contributed by atoms with Crippen LogP contribution in [0.5, 0.6) is 0 Å². The fourth-order valence-electron chi connectivity index (χ4n) is 1.48. The smallest absolute Gasteiger partial charge is 0.350 e. The zero-order valence-electron chi connectivity index (χ0n) is 10.6. The van der Waals surface area contributed by atoms with E-state index in [1.165, 1.54) is 18.4 Å². The van der Waals surface area contributed by atoms with Gasteiger partial charge in [-0.05, 0) is 6.07 Å². The van der Waals surface area contributed by atoms with E-state index in [-0.39, 0.29) is 0 Å². The summed E-state index contributed by atoms with van der Waals surface area (Å²) in [7, 11) is 1.33. The van der Waals surface area contributed by atoms with Crippen LogP contribution in [-0.2, 0) is 11.2 Å². The summed E-state index contributed by atoms with van der Waals surface area (Å²) in [5.74, 6) is 0.760. The quantitative estimate of drug-likeness (QED) is 0.800. The maximum Gasteiger partial charge on any atom is 0.350 e. The van der Waals surface area contributed by atoms with Crippen molar-refractivity contribution in [2.75, 3.05) is 24.7 Å². The van der Waals surface area contributed by atoms with Gasteiger partial charge < -0.3 is 20.3 Å². The average Bonchev–Trinajstić information content (AvgIpc) is 2.95. The molecular formula is C11H14N4O3S. The number of rotatable bonds is 5. The van der Waals surface area contributed by atoms with Crippen LogP contribution in [-0.4, -0.2) is 29.8 Å². The summed E-state index contributed by atoms with van der Waals surface area (Å²) < 4.78 is 9.51. The topological polar surface area (TPSA) is 103 Å². The third-order valence-corrected chi connectivity index (χ3v) is 3.44. The Bertz CT molecular complexity index is 578. The van der Waals surface area contributed by atoms with Crippen LogP contribution in [0.15, 0.2) is 10.6 Å². The molecule has 0 aliphatic rings. The number of methoxy groups -OCH3 is 1. The summed E-state index contributed by atoms with van der Waals surface area (Å²) in [5.41, 5.74) is 6.15. The number of nitrogens with zero attached hydrogens (tertiary/aromatic N) is 2. The second kappa shape index (κ2) is 5.70. The van der Waals surface area contributed by atoms with E-state index in [0.717, 1.165) is 5.00 Å². The Hall–Kier alpha value is -2.09. The highest BCUT2D eigenvalue weighted by molar-refractivity contribution is 7.18. The Morgan fingerprint density at radius 1 is 1.63 bits per heavy atom. The standard InChI is InChI=1S/C11H14N4O3S/c1-6-14-8(15-18-6)3-4-13-9-5-7(12)10(19-9)11(16)17-2/h5,13H,3-4,12H2,1-2H3. The maximum atomic E-state index is 11.4. The summed E-state index contributed by atoms with van der Waals surface area (Å²) in [6.45, 7) is 2.37. The highest BCUT2D eigenvalue weighted by Crippen LogP contribution is 2.29. The first-order chi connectivity index (χ1) is 9.10. The summed E-state index contributed by atoms with van der Waals surface area (Å²) in [4.78, 5) is 15.9. The van der Waals surface area contributed by atoms with Crippen LogP contribution in [0.25, 0.3) is 0 Å². The number of carbonyl (C=O) groups excluding carboxylic acids is 1. The first kappa shape index (κ1) is 13.3. The normalized spacial score (nSPS) is 10.4. The van der Waals surface area contributed by atoms with Gasteiger partial charge >= 0.3 is 5.97 Å². The Morgan fingerprint density at radius 3 is 3.05 bits per heavy atom. The van der Waals surface area contributed by atoms with Crippen LogP contribution in [0, 0.1) is 6.92 Å². The van der Waals surface area contributed by atoms with Gasteiger partial charge in [0.25, 0.3) is 0 Å². The molecule has 2 aromatic rings. The van der Waals surface area contributed by atoms with E-state index in [2.05, 4.69) is 20.2 Å². The molecule has 0 aromatic carbocycles. The molecule has 7 nitrogen and oxygen atoms in total. The highest BCUT2D eigenvalue weighted by Gasteiger charge is 2.14. The van der Waals surface area contributed by atoms with Crippen molar-refractivity contribution in [3.8, 4) is 0 Å². The van der Waals surface area contributed by atoms with Gasteiger partial charge in [-0.2, -0.15) is 4.98 Å². The molecule has 0 fully saturated rings. The molecule has 0 radical (unpaired) electrons. The number of ether oxygens (including phenoxy) is 1. The van der Waals surface area contributed by atoms with Crippen LogP contribution in [0.3, 0.4) is 0 Å². The van der Waals surface area contributed by atoms with Gasteiger partial charge in [0.1, 0.15) is 4.88 Å². The van der Waals surface area contributed by atoms with Gasteiger partial charge in [0, 0.05) is 19.9 Å². The summed E-state index contributed by atoms with van der Waals surface area (Å²) in [6, 6.07) is 1.71. The number of carbonyl (C=O) groups is 1. The minimum absolute atomic E-state index is 0.403. The van der Waals surface area contributed by atoms with Gasteiger partial charge in [-0.1, -0.05) is 5.16 Å². The number of nitrogens with two attached hydrogens (primary N) is 1. The fourth-order valence-corrected chi connectivity index (χ4v) is 2.41. The number of thiophene rings is 1. The molecule has 0 aliphatic carbocycles. The van der Waals surface area contributed by atoms with E-state index in [1.54, 1.807) is 13.0 Å². The zero-order valence-corrected chi connectivity index (χ0v) is 11.4. The van der Waals surface area contributed by atoms with Crippen molar-refractivity contribution in [3.05, 3.63) is 22.7 Å². The van der Waals surface area contributed by atoms with Crippen molar-refractivity contribution >= 4 is 28.0 Å². The Morgan fingerprint density at radius 2 is 2.42 bits per heavy atom. The van der Waals surface area contributed by atoms with Crippen molar-refractivity contribution in [3.63, 3.8) is 0 Å². The minimum atomic E-state index is -0.427. The van der Waals surface area contributed by atoms with Crippen LogP contribution in [0.2, 0.25) is 0 Å². The minimum Gasteiger partial charge on any atom is -0.465 e. The van der Waals surface area contributed by atoms with Crippen molar-refractivity contribution in [1.29, 1.82) is 0 Å². The van der Waals surface area contributed by atoms with Gasteiger partial charge in [-0.3, -0.25) is 0 Å². The molecule has 0 unspecified atom stereocenters. The predicted molar refractivity (Wildman–Crippen MR) is 71.3 cm³/mol. The van der Waals surface area contributed by atoms with E-state index in [1.807, 2.05) is 0 Å². The van der Waals surface area contributed by atoms with Crippen molar-refractivity contribution in [2.45, 2.75) is 13.3 Å². The molecule has 0 bridgehead atoms. The third-order valence-electron chi connectivity index (χ3n) is 2.35. The number of nitrogens with one attached hydrogen (secondary N) is 1. The molecule has 2 aromatic heterocycles. The average molecular weight is 282 g/mol. The molecular weight excluding hydrogens is 268 g/mol. The molecule has 2 heterocycles. The molecule has 8 heteroatoms. The highest BCUT2D eigenvalue weighted by atomic mass is 32.1. The lowest BCUT2D eigenvalue weighted by Crippen LogP contribution is -2.04. The molecule has 2 rings (SSSR count). The van der Waals surface area contributed by atoms with Gasteiger partial charge in [-0.25, -0.2) is 4.79 Å². The lowest BCUT2D eigenvalue weighted by atomic mass is 10.4. The summed E-state index contributed by atoms with van der Waals surface area (Å²) in [6.07, 6.45) is 0.628. The predicted octanol–water partition coefficient (Wildman–Crippen LogP) is 1.46. The second-order valence-electron chi connectivity index (χ2n) is 3.79. The van der Waals surface area contributed by atoms with Gasteiger partial charge in [0.15, 0.2) is 5.82 Å². The third kappa shape index (κ3) is 3.22. The maximum absolute atomic E-state index is 11.4. The Kier molecular flexibility index (Phi) is 4.00. The lowest BCUT2D eigenvalue weighted by molar-refractivity contribution is 0.0607. The van der Waals surface area contributed by atoms with Crippen molar-refractivity contribution in [2.24, 2.45) is 0 Å². The number of aromatic nitrogens is 2. The largest absolute Gasteiger partial charge is 0.465 e. The SMILES string of the molecule is COC(=O)c1sc(NCCc2noc(C)n2)cc1N. The number of nitrogen functional groups attached to an aromatic ring is 1. The summed E-state index contributed by atoms with van der Waals surface area (Å²) in [5, 5.41) is 7.75. The van der Waals surface area contributed by atoms with Crippen LogP contribution in [0.1, 0.15) is 21.4 Å². The molecule has 19 heavy (non-hydrogen) atoms. The second-order valence-corrected chi connectivity index (χ2v) is 4.85. The van der Waals surface area contributed by atoms with Gasteiger partial charge in [0.05, 0.1) is 17.8 Å². The number of aryl methyl sites for hydroxylation is 1. The van der Waals surface area contributed by atoms with Crippen molar-refractivity contribution < 1.29 is 14.1 Å². The van der Waals surface area contributed by atoms with E-state index in [0.29, 0.717) is 35.2 Å². The van der Waals surface area contributed by atoms with Crippen LogP contribution in [0.4, 0.5) is 10.7 Å². The number of anilines is 2. The molecule has 0 amide bonds. The van der Waals surface area contributed by atoms with E-state index in [4.69, 9.17) is 10.3 Å². The van der Waals surface area contributed by atoms with Crippen LogP contribution < -0.4 is 11.1 Å². The molecule has 0 saturated heterocycles. The lowest BCUT2D eigenvalue weighted by Gasteiger charge is -1.99. The molecule has 0 atom stereocenters. The molecule has 102 valence electrons. The first-order valence-electron chi connectivity index (χ1n) is 5.61. The van der Waals surface area contributed by atoms with E-state index in [9.17, 15) is 4.79 Å². The molecule has 3 N–H and O–H groups in total. The number of esters is 1. The monoisotopic (exact) mass is 282 g/mol. The number of hydrogen-bond donors (Lipinski definition) is 2. The zero-order chi connectivity index (χ0) is 13.8. The molecule has 0 aliphatic heterocycles. The summed E-state index contributed by atoms with van der Waals surface area (Å²) >= 11 is 1.26. The molecule has 0 spiro atoms. The molecule has 0 saturated carbocycles. The van der Waals surface area contributed by atoms with Crippen molar-refractivity contribution in [1.82, 2.24) is 10.1 Å². The number of hydrogen-bond acceptors (Lipinski definition) is 8. The van der Waals surface area contributed by atoms with Gasteiger partial charge in [0.2, 0.25) is 5.89 Å². The Balaban J connectivity index is 1.91. The van der Waals surface area contributed by atoms with Gasteiger partial charge in [-0.15, -0.1) is 11.3 Å².